The summed E-state index contributed by atoms with van der Waals surface area (Å²) in [5, 5.41) is 13.5. The van der Waals surface area contributed by atoms with Crippen molar-refractivity contribution in [2.45, 2.75) is 19.8 Å². The second-order valence-electron chi connectivity index (χ2n) is 5.37. The van der Waals surface area contributed by atoms with Crippen LogP contribution in [0.25, 0.3) is 5.69 Å². The lowest BCUT2D eigenvalue weighted by molar-refractivity contribution is -0.137. The Hall–Kier alpha value is -2.41. The van der Waals surface area contributed by atoms with Crippen LogP contribution in [0.2, 0.25) is 5.02 Å². The normalized spacial score (nSPS) is 10.8. The van der Waals surface area contributed by atoms with E-state index in [1.54, 1.807) is 18.2 Å². The van der Waals surface area contributed by atoms with Crippen molar-refractivity contribution in [3.63, 3.8) is 0 Å². The van der Waals surface area contributed by atoms with Gasteiger partial charge in [0.25, 0.3) is 5.91 Å². The van der Waals surface area contributed by atoms with Crippen molar-refractivity contribution >= 4 is 23.5 Å². The van der Waals surface area contributed by atoms with Crippen LogP contribution in [0, 0.1) is 0 Å². The molecule has 23 heavy (non-hydrogen) atoms. The monoisotopic (exact) mass is 336 g/mol. The number of carboxylic acids is 1. The van der Waals surface area contributed by atoms with E-state index in [9.17, 15) is 9.59 Å². The van der Waals surface area contributed by atoms with Crippen molar-refractivity contribution in [3.05, 3.63) is 40.9 Å². The highest BCUT2D eigenvalue weighted by Crippen LogP contribution is 2.23. The highest BCUT2D eigenvalue weighted by Gasteiger charge is 2.23. The van der Waals surface area contributed by atoms with Crippen LogP contribution in [0.15, 0.2) is 24.3 Å². The quantitative estimate of drug-likeness (QED) is 0.904. The minimum absolute atomic E-state index is 0.00472. The molecule has 0 aliphatic carbocycles. The number of para-hydroxylation sites is 1. The van der Waals surface area contributed by atoms with Gasteiger partial charge in [-0.2, -0.15) is 0 Å². The van der Waals surface area contributed by atoms with Crippen LogP contribution in [0.4, 0.5) is 0 Å². The third kappa shape index (κ3) is 3.68. The molecule has 0 spiro atoms. The number of rotatable bonds is 5. The lowest BCUT2D eigenvalue weighted by Crippen LogP contribution is -2.32. The Morgan fingerprint density at radius 3 is 2.57 bits per heavy atom. The van der Waals surface area contributed by atoms with Crippen molar-refractivity contribution in [2.24, 2.45) is 0 Å². The minimum atomic E-state index is -1.10. The molecular formula is C15H17ClN4O3. The van der Waals surface area contributed by atoms with E-state index in [2.05, 4.69) is 10.1 Å². The molecule has 0 saturated heterocycles. The number of carbonyl (C=O) groups is 2. The van der Waals surface area contributed by atoms with Crippen LogP contribution in [-0.4, -0.2) is 50.2 Å². The number of carbonyl (C=O) groups excluding carboxylic acids is 1. The topological polar surface area (TPSA) is 88.3 Å². The molecule has 1 amide bonds. The molecule has 0 saturated carbocycles. The number of hydrogen-bond donors (Lipinski definition) is 1. The van der Waals surface area contributed by atoms with Gasteiger partial charge in [0, 0.05) is 13.0 Å². The van der Waals surface area contributed by atoms with Gasteiger partial charge in [-0.3, -0.25) is 9.59 Å². The predicted molar refractivity (Wildman–Crippen MR) is 85.1 cm³/mol. The fraction of sp³-hybridized carbons (Fsp3) is 0.333. The van der Waals surface area contributed by atoms with Gasteiger partial charge in [0.15, 0.2) is 0 Å². The average Bonchev–Trinajstić information content (AvgIpc) is 2.91. The summed E-state index contributed by atoms with van der Waals surface area (Å²) in [4.78, 5) is 28.3. The molecule has 0 unspecified atom stereocenters. The first kappa shape index (κ1) is 17.0. The van der Waals surface area contributed by atoms with Crippen molar-refractivity contribution < 1.29 is 14.7 Å². The Morgan fingerprint density at radius 2 is 2.00 bits per heavy atom. The van der Waals surface area contributed by atoms with Gasteiger partial charge in [-0.15, -0.1) is 5.10 Å². The Balaban J connectivity index is 2.46. The smallest absolute Gasteiger partial charge is 0.323 e. The summed E-state index contributed by atoms with van der Waals surface area (Å²) in [7, 11) is 1.39. The summed E-state index contributed by atoms with van der Waals surface area (Å²) in [5.41, 5.74) is 0.616. The number of likely N-dealkylation sites (N-methyl/N-ethyl adjacent to an activating group) is 1. The Kier molecular flexibility index (Phi) is 5.00. The van der Waals surface area contributed by atoms with Gasteiger partial charge >= 0.3 is 5.97 Å². The van der Waals surface area contributed by atoms with Crippen molar-refractivity contribution in [2.75, 3.05) is 13.6 Å². The average molecular weight is 337 g/mol. The molecule has 0 aliphatic heterocycles. The molecule has 0 fully saturated rings. The van der Waals surface area contributed by atoms with E-state index < -0.39 is 18.4 Å². The summed E-state index contributed by atoms with van der Waals surface area (Å²) in [6.45, 7) is 3.43. The Labute approximate surface area is 138 Å². The predicted octanol–water partition coefficient (Wildman–Crippen LogP) is 2.20. The third-order valence-electron chi connectivity index (χ3n) is 3.14. The van der Waals surface area contributed by atoms with Gasteiger partial charge in [0.1, 0.15) is 12.4 Å². The molecule has 1 aromatic heterocycles. The summed E-state index contributed by atoms with van der Waals surface area (Å²) in [6.07, 6.45) is 0. The van der Waals surface area contributed by atoms with E-state index in [1.165, 1.54) is 11.7 Å². The minimum Gasteiger partial charge on any atom is -0.480 e. The fourth-order valence-corrected chi connectivity index (χ4v) is 2.25. The number of hydrogen-bond acceptors (Lipinski definition) is 4. The number of aromatic nitrogens is 3. The molecule has 1 aromatic carbocycles. The van der Waals surface area contributed by atoms with E-state index in [-0.39, 0.29) is 11.7 Å². The largest absolute Gasteiger partial charge is 0.480 e. The van der Waals surface area contributed by atoms with E-state index in [0.29, 0.717) is 16.5 Å². The summed E-state index contributed by atoms with van der Waals surface area (Å²) in [6, 6.07) is 7.11. The number of carboxylic acid groups (broad SMARTS) is 1. The van der Waals surface area contributed by atoms with Crippen LogP contribution >= 0.6 is 11.6 Å². The molecular weight excluding hydrogens is 320 g/mol. The first-order valence-electron chi connectivity index (χ1n) is 7.00. The standard InChI is InChI=1S/C15H17ClN4O3/c1-9(2)14-17-13(15(23)19(3)8-12(21)22)18-20(14)11-7-5-4-6-10(11)16/h4-7,9H,8H2,1-3H3,(H,21,22). The molecule has 0 bridgehead atoms. The maximum atomic E-state index is 12.3. The Bertz CT molecular complexity index is 742. The van der Waals surface area contributed by atoms with Crippen LogP contribution in [-0.2, 0) is 4.79 Å². The van der Waals surface area contributed by atoms with Gasteiger partial charge < -0.3 is 10.0 Å². The second-order valence-corrected chi connectivity index (χ2v) is 5.77. The SMILES string of the molecule is CC(C)c1nc(C(=O)N(C)CC(=O)O)nn1-c1ccccc1Cl. The van der Waals surface area contributed by atoms with Gasteiger partial charge in [0.2, 0.25) is 5.82 Å². The van der Waals surface area contributed by atoms with Gasteiger partial charge in [-0.05, 0) is 12.1 Å². The summed E-state index contributed by atoms with van der Waals surface area (Å²) >= 11 is 6.19. The number of nitrogens with zero attached hydrogens (tertiary/aromatic N) is 4. The molecule has 2 aromatic rings. The molecule has 2 rings (SSSR count). The zero-order valence-corrected chi connectivity index (χ0v) is 13.8. The van der Waals surface area contributed by atoms with Crippen molar-refractivity contribution in [1.82, 2.24) is 19.7 Å². The molecule has 0 aliphatic rings. The van der Waals surface area contributed by atoms with Crippen molar-refractivity contribution in [3.8, 4) is 5.69 Å². The number of aliphatic carboxylic acids is 1. The summed E-state index contributed by atoms with van der Waals surface area (Å²) in [5.74, 6) is -1.14. The first-order valence-corrected chi connectivity index (χ1v) is 7.38. The molecule has 122 valence electrons. The lowest BCUT2D eigenvalue weighted by Gasteiger charge is -2.11. The lowest BCUT2D eigenvalue weighted by atomic mass is 10.2. The number of halogens is 1. The number of amides is 1. The first-order chi connectivity index (χ1) is 10.8. The van der Waals surface area contributed by atoms with E-state index in [1.807, 2.05) is 19.9 Å². The van der Waals surface area contributed by atoms with E-state index in [4.69, 9.17) is 16.7 Å². The zero-order valence-electron chi connectivity index (χ0n) is 13.0. The fourth-order valence-electron chi connectivity index (χ4n) is 2.03. The molecule has 0 atom stereocenters. The highest BCUT2D eigenvalue weighted by atomic mass is 35.5. The van der Waals surface area contributed by atoms with E-state index in [0.717, 1.165) is 4.90 Å². The maximum Gasteiger partial charge on any atom is 0.323 e. The molecule has 1 heterocycles. The third-order valence-corrected chi connectivity index (χ3v) is 3.46. The second kappa shape index (κ2) is 6.78. The molecule has 8 heteroatoms. The molecule has 1 N–H and O–H groups in total. The van der Waals surface area contributed by atoms with Gasteiger partial charge in [-0.25, -0.2) is 9.67 Å². The van der Waals surface area contributed by atoms with Crippen molar-refractivity contribution in [1.29, 1.82) is 0 Å². The van der Waals surface area contributed by atoms with E-state index >= 15 is 0 Å². The Morgan fingerprint density at radius 1 is 1.35 bits per heavy atom. The highest BCUT2D eigenvalue weighted by molar-refractivity contribution is 6.32. The molecule has 0 radical (unpaired) electrons. The summed E-state index contributed by atoms with van der Waals surface area (Å²) < 4.78 is 1.52. The molecule has 7 nitrogen and oxygen atoms in total. The van der Waals surface area contributed by atoms with Crippen LogP contribution in [0.3, 0.4) is 0 Å². The van der Waals surface area contributed by atoms with Gasteiger partial charge in [-0.1, -0.05) is 37.6 Å². The maximum absolute atomic E-state index is 12.3. The van der Waals surface area contributed by atoms with Gasteiger partial charge in [0.05, 0.1) is 10.7 Å². The zero-order chi connectivity index (χ0) is 17.1. The number of benzene rings is 1. The van der Waals surface area contributed by atoms with Crippen LogP contribution < -0.4 is 0 Å². The van der Waals surface area contributed by atoms with Crippen LogP contribution in [0.1, 0.15) is 36.2 Å². The van der Waals surface area contributed by atoms with Crippen LogP contribution in [0.5, 0.6) is 0 Å².